The zero-order chi connectivity index (χ0) is 13.2. The highest BCUT2D eigenvalue weighted by Gasteiger charge is 2.30. The van der Waals surface area contributed by atoms with Gasteiger partial charge in [0, 0.05) is 24.3 Å². The summed E-state index contributed by atoms with van der Waals surface area (Å²) in [4.78, 5) is 14.5. The molecule has 0 aromatic carbocycles. The maximum Gasteiger partial charge on any atom is 0.255 e. The second-order valence-electron chi connectivity index (χ2n) is 4.66. The summed E-state index contributed by atoms with van der Waals surface area (Å²) in [5.74, 6) is 0.136. The summed E-state index contributed by atoms with van der Waals surface area (Å²) in [6.07, 6.45) is 5.85. The fourth-order valence-corrected chi connectivity index (χ4v) is 3.64. The van der Waals surface area contributed by atoms with Crippen molar-refractivity contribution in [3.05, 3.63) is 39.3 Å². The van der Waals surface area contributed by atoms with E-state index in [0.717, 1.165) is 35.3 Å². The Morgan fingerprint density at radius 3 is 3.16 bits per heavy atom. The normalized spacial score (nSPS) is 19.0. The Hall–Kier alpha value is -1.14. The number of hydrogen-bond acceptors (Lipinski definition) is 3. The summed E-state index contributed by atoms with van der Waals surface area (Å²) < 4.78 is 2.90. The zero-order valence-corrected chi connectivity index (χ0v) is 12.7. The molecule has 1 amide bonds. The van der Waals surface area contributed by atoms with Crippen molar-refractivity contribution < 1.29 is 4.79 Å². The van der Waals surface area contributed by atoms with Crippen LogP contribution in [-0.2, 0) is 6.54 Å². The molecule has 0 spiro atoms. The van der Waals surface area contributed by atoms with Gasteiger partial charge in [-0.1, -0.05) is 0 Å². The molecule has 1 aliphatic heterocycles. The molecule has 3 heterocycles. The molecular formula is C13H14BrN3OS. The van der Waals surface area contributed by atoms with E-state index in [0.29, 0.717) is 0 Å². The third kappa shape index (κ3) is 2.74. The van der Waals surface area contributed by atoms with Gasteiger partial charge in [0.05, 0.1) is 21.9 Å². The molecule has 19 heavy (non-hydrogen) atoms. The van der Waals surface area contributed by atoms with Crippen molar-refractivity contribution in [2.75, 3.05) is 6.54 Å². The predicted octanol–water partition coefficient (Wildman–Crippen LogP) is 3.01. The molecule has 6 heteroatoms. The highest BCUT2D eigenvalue weighted by Crippen LogP contribution is 2.26. The van der Waals surface area contributed by atoms with Crippen LogP contribution >= 0.6 is 27.3 Å². The van der Waals surface area contributed by atoms with Crippen molar-refractivity contribution in [3.8, 4) is 0 Å². The molecule has 100 valence electrons. The second-order valence-corrected chi connectivity index (χ2v) is 6.95. The summed E-state index contributed by atoms with van der Waals surface area (Å²) >= 11 is 4.96. The van der Waals surface area contributed by atoms with E-state index in [9.17, 15) is 4.79 Å². The molecule has 1 saturated heterocycles. The quantitative estimate of drug-likeness (QED) is 0.862. The van der Waals surface area contributed by atoms with Crippen molar-refractivity contribution in [2.24, 2.45) is 0 Å². The molecule has 1 fully saturated rings. The van der Waals surface area contributed by atoms with Crippen LogP contribution in [0.1, 0.15) is 23.2 Å². The van der Waals surface area contributed by atoms with Crippen LogP contribution in [0.2, 0.25) is 0 Å². The van der Waals surface area contributed by atoms with Crippen molar-refractivity contribution >= 4 is 33.2 Å². The number of halogens is 1. The average molecular weight is 340 g/mol. The van der Waals surface area contributed by atoms with Crippen LogP contribution in [0.4, 0.5) is 0 Å². The topological polar surface area (TPSA) is 38.1 Å². The van der Waals surface area contributed by atoms with E-state index >= 15 is 0 Å². The van der Waals surface area contributed by atoms with Crippen LogP contribution in [0.5, 0.6) is 0 Å². The van der Waals surface area contributed by atoms with Gasteiger partial charge in [0.15, 0.2) is 0 Å². The Labute approximate surface area is 124 Å². The van der Waals surface area contributed by atoms with Crippen molar-refractivity contribution in [1.82, 2.24) is 14.7 Å². The molecule has 0 N–H and O–H groups in total. The molecule has 1 atom stereocenters. The van der Waals surface area contributed by atoms with Crippen molar-refractivity contribution in [3.63, 3.8) is 0 Å². The van der Waals surface area contributed by atoms with Crippen molar-refractivity contribution in [2.45, 2.75) is 25.4 Å². The number of thiophene rings is 1. The van der Waals surface area contributed by atoms with Gasteiger partial charge in [-0.15, -0.1) is 11.3 Å². The van der Waals surface area contributed by atoms with Crippen LogP contribution in [-0.4, -0.2) is 33.2 Å². The van der Waals surface area contributed by atoms with E-state index in [1.165, 1.54) is 0 Å². The highest BCUT2D eigenvalue weighted by atomic mass is 79.9. The molecule has 0 radical (unpaired) electrons. The maximum atomic E-state index is 12.5. The number of rotatable bonds is 3. The van der Waals surface area contributed by atoms with E-state index in [1.807, 2.05) is 33.3 Å². The van der Waals surface area contributed by atoms with Crippen LogP contribution in [0.25, 0.3) is 0 Å². The third-order valence-electron chi connectivity index (χ3n) is 3.41. The number of aromatic nitrogens is 2. The molecule has 0 saturated carbocycles. The summed E-state index contributed by atoms with van der Waals surface area (Å²) in [7, 11) is 0. The molecule has 3 rings (SSSR count). The molecule has 0 unspecified atom stereocenters. The van der Waals surface area contributed by atoms with Gasteiger partial charge in [-0.05, 0) is 40.9 Å². The Kier molecular flexibility index (Phi) is 3.70. The molecule has 0 aliphatic carbocycles. The molecule has 4 nitrogen and oxygen atoms in total. The number of likely N-dealkylation sites (tertiary alicyclic amines) is 1. The lowest BCUT2D eigenvalue weighted by Crippen LogP contribution is -2.38. The number of nitrogens with zero attached hydrogens (tertiary/aromatic N) is 3. The Morgan fingerprint density at radius 2 is 2.47 bits per heavy atom. The number of carbonyl (C=O) groups is 1. The molecule has 1 aliphatic rings. The molecule has 2 aromatic rings. The van der Waals surface area contributed by atoms with Crippen LogP contribution < -0.4 is 0 Å². The van der Waals surface area contributed by atoms with Crippen LogP contribution in [0.15, 0.2) is 33.7 Å². The Balaban J connectivity index is 1.74. The van der Waals surface area contributed by atoms with Gasteiger partial charge in [-0.3, -0.25) is 9.48 Å². The average Bonchev–Trinajstić information content (AvgIpc) is 3.10. The van der Waals surface area contributed by atoms with E-state index in [1.54, 1.807) is 17.5 Å². The monoisotopic (exact) mass is 339 g/mol. The predicted molar refractivity (Wildman–Crippen MR) is 78.3 cm³/mol. The largest absolute Gasteiger partial charge is 0.334 e. The fourth-order valence-electron chi connectivity index (χ4n) is 2.51. The molecular weight excluding hydrogens is 326 g/mol. The number of carbonyl (C=O) groups excluding carboxylic acids is 1. The number of amides is 1. The van der Waals surface area contributed by atoms with Gasteiger partial charge in [0.1, 0.15) is 0 Å². The summed E-state index contributed by atoms with van der Waals surface area (Å²) in [5.41, 5.74) is 0.782. The minimum Gasteiger partial charge on any atom is -0.334 e. The summed E-state index contributed by atoms with van der Waals surface area (Å²) in [6.45, 7) is 1.63. The van der Waals surface area contributed by atoms with Gasteiger partial charge in [0.2, 0.25) is 0 Å². The first kappa shape index (κ1) is 12.9. The standard InChI is InChI=1S/C13H14BrN3OS/c14-12-7-10(9-19-12)13(18)17-6-1-3-11(17)8-16-5-2-4-15-16/h2,4-5,7,9,11H,1,3,6,8H2/t11-/m1/s1. The van der Waals surface area contributed by atoms with Gasteiger partial charge in [0.25, 0.3) is 5.91 Å². The van der Waals surface area contributed by atoms with Crippen LogP contribution in [0, 0.1) is 0 Å². The van der Waals surface area contributed by atoms with Gasteiger partial charge >= 0.3 is 0 Å². The zero-order valence-electron chi connectivity index (χ0n) is 10.3. The van der Waals surface area contributed by atoms with E-state index in [2.05, 4.69) is 21.0 Å². The van der Waals surface area contributed by atoms with Crippen LogP contribution in [0.3, 0.4) is 0 Å². The molecule has 0 bridgehead atoms. The first-order valence-electron chi connectivity index (χ1n) is 6.26. The number of hydrogen-bond donors (Lipinski definition) is 0. The lowest BCUT2D eigenvalue weighted by atomic mass is 10.2. The first-order valence-corrected chi connectivity index (χ1v) is 7.94. The summed E-state index contributed by atoms with van der Waals surface area (Å²) in [6, 6.07) is 4.07. The minimum atomic E-state index is 0.136. The minimum absolute atomic E-state index is 0.136. The van der Waals surface area contributed by atoms with Gasteiger partial charge < -0.3 is 4.90 Å². The molecule has 2 aromatic heterocycles. The third-order valence-corrected chi connectivity index (χ3v) is 4.91. The lowest BCUT2D eigenvalue weighted by molar-refractivity contribution is 0.0722. The summed E-state index contributed by atoms with van der Waals surface area (Å²) in [5, 5.41) is 6.14. The highest BCUT2D eigenvalue weighted by molar-refractivity contribution is 9.11. The van der Waals surface area contributed by atoms with E-state index in [-0.39, 0.29) is 11.9 Å². The van der Waals surface area contributed by atoms with Crippen molar-refractivity contribution in [1.29, 1.82) is 0 Å². The smallest absolute Gasteiger partial charge is 0.255 e. The fraction of sp³-hybridized carbons (Fsp3) is 0.385. The van der Waals surface area contributed by atoms with Gasteiger partial charge in [-0.25, -0.2) is 0 Å². The maximum absolute atomic E-state index is 12.5. The Morgan fingerprint density at radius 1 is 1.58 bits per heavy atom. The SMILES string of the molecule is O=C(c1csc(Br)c1)N1CCC[C@@H]1Cn1cccn1. The lowest BCUT2D eigenvalue weighted by Gasteiger charge is -2.24. The van der Waals surface area contributed by atoms with E-state index in [4.69, 9.17) is 0 Å². The van der Waals surface area contributed by atoms with Gasteiger partial charge in [-0.2, -0.15) is 5.10 Å². The Bertz CT molecular complexity index is 566. The second kappa shape index (κ2) is 5.46. The van der Waals surface area contributed by atoms with E-state index < -0.39 is 0 Å². The first-order chi connectivity index (χ1) is 9.24.